The van der Waals surface area contributed by atoms with E-state index in [0.717, 1.165) is 12.8 Å². The Balaban J connectivity index is 1.93. The smallest absolute Gasteiger partial charge is 0.339 e. The topological polar surface area (TPSA) is 107 Å². The molecule has 0 atom stereocenters. The SMILES string of the molecule is CCOC(=O)c1ccc(C(=O)Nc2cc(OC)c(OC)cc2C(=O)N2CCCC2)nc1C. The predicted molar refractivity (Wildman–Crippen MR) is 118 cm³/mol. The molecule has 0 bridgehead atoms. The molecule has 9 heteroatoms. The van der Waals surface area contributed by atoms with Crippen LogP contribution in [0.1, 0.15) is 56.7 Å². The van der Waals surface area contributed by atoms with Gasteiger partial charge in [0, 0.05) is 19.2 Å². The van der Waals surface area contributed by atoms with Crippen LogP contribution >= 0.6 is 0 Å². The zero-order valence-electron chi connectivity index (χ0n) is 18.7. The quantitative estimate of drug-likeness (QED) is 0.658. The maximum atomic E-state index is 13.1. The van der Waals surface area contributed by atoms with Gasteiger partial charge < -0.3 is 24.4 Å². The fourth-order valence-electron chi connectivity index (χ4n) is 3.55. The highest BCUT2D eigenvalue weighted by Gasteiger charge is 2.25. The van der Waals surface area contributed by atoms with Crippen LogP contribution in [0.2, 0.25) is 0 Å². The lowest BCUT2D eigenvalue weighted by atomic mass is 10.1. The summed E-state index contributed by atoms with van der Waals surface area (Å²) in [5.41, 5.74) is 1.36. The van der Waals surface area contributed by atoms with E-state index in [-0.39, 0.29) is 18.2 Å². The van der Waals surface area contributed by atoms with Gasteiger partial charge in [-0.15, -0.1) is 0 Å². The number of nitrogens with one attached hydrogen (secondary N) is 1. The summed E-state index contributed by atoms with van der Waals surface area (Å²) >= 11 is 0. The molecule has 1 aromatic heterocycles. The minimum atomic E-state index is -0.522. The number of anilines is 1. The number of hydrogen-bond acceptors (Lipinski definition) is 7. The number of aryl methyl sites for hydroxylation is 1. The number of nitrogens with zero attached hydrogens (tertiary/aromatic N) is 2. The van der Waals surface area contributed by atoms with Crippen molar-refractivity contribution in [3.63, 3.8) is 0 Å². The third kappa shape index (κ3) is 4.82. The first-order valence-electron chi connectivity index (χ1n) is 10.4. The molecule has 0 unspecified atom stereocenters. The van der Waals surface area contributed by atoms with Crippen molar-refractivity contribution in [3.05, 3.63) is 46.8 Å². The maximum absolute atomic E-state index is 13.1. The molecule has 0 spiro atoms. The molecule has 1 aromatic carbocycles. The second-order valence-corrected chi connectivity index (χ2v) is 7.26. The first kappa shape index (κ1) is 23.1. The van der Waals surface area contributed by atoms with Crippen LogP contribution in [0.4, 0.5) is 5.69 Å². The summed E-state index contributed by atoms with van der Waals surface area (Å²) in [6, 6.07) is 6.06. The first-order valence-corrected chi connectivity index (χ1v) is 10.4. The molecule has 1 saturated heterocycles. The zero-order chi connectivity index (χ0) is 23.3. The Morgan fingerprint density at radius 3 is 2.28 bits per heavy atom. The van der Waals surface area contributed by atoms with E-state index >= 15 is 0 Å². The van der Waals surface area contributed by atoms with Crippen molar-refractivity contribution in [3.8, 4) is 11.5 Å². The number of ether oxygens (including phenoxy) is 3. The van der Waals surface area contributed by atoms with Crippen molar-refractivity contribution in [1.29, 1.82) is 0 Å². The van der Waals surface area contributed by atoms with Gasteiger partial charge in [0.15, 0.2) is 11.5 Å². The van der Waals surface area contributed by atoms with Crippen molar-refractivity contribution < 1.29 is 28.6 Å². The third-order valence-corrected chi connectivity index (χ3v) is 5.21. The molecule has 1 aliphatic heterocycles. The summed E-state index contributed by atoms with van der Waals surface area (Å²) in [4.78, 5) is 44.0. The van der Waals surface area contributed by atoms with Crippen molar-refractivity contribution in [2.75, 3.05) is 39.2 Å². The largest absolute Gasteiger partial charge is 0.493 e. The fourth-order valence-corrected chi connectivity index (χ4v) is 3.55. The highest BCUT2D eigenvalue weighted by atomic mass is 16.5. The van der Waals surface area contributed by atoms with Gasteiger partial charge in [-0.2, -0.15) is 0 Å². The van der Waals surface area contributed by atoms with Crippen molar-refractivity contribution in [1.82, 2.24) is 9.88 Å². The van der Waals surface area contributed by atoms with E-state index in [2.05, 4.69) is 10.3 Å². The lowest BCUT2D eigenvalue weighted by Crippen LogP contribution is -2.29. The predicted octanol–water partition coefficient (Wildman–Crippen LogP) is 3.07. The molecule has 170 valence electrons. The lowest BCUT2D eigenvalue weighted by molar-refractivity contribution is 0.0524. The second-order valence-electron chi connectivity index (χ2n) is 7.26. The monoisotopic (exact) mass is 441 g/mol. The molecule has 1 aliphatic rings. The van der Waals surface area contributed by atoms with Gasteiger partial charge in [0.1, 0.15) is 5.69 Å². The molecule has 2 amide bonds. The van der Waals surface area contributed by atoms with Crippen LogP contribution in [0, 0.1) is 6.92 Å². The lowest BCUT2D eigenvalue weighted by Gasteiger charge is -2.20. The Kier molecular flexibility index (Phi) is 7.29. The Morgan fingerprint density at radius 2 is 1.69 bits per heavy atom. The molecule has 3 rings (SSSR count). The molecule has 0 radical (unpaired) electrons. The number of amides is 2. The molecule has 0 aliphatic carbocycles. The normalized spacial score (nSPS) is 12.9. The van der Waals surface area contributed by atoms with E-state index in [1.165, 1.54) is 26.4 Å². The van der Waals surface area contributed by atoms with Gasteiger partial charge in [-0.05, 0) is 44.9 Å². The van der Waals surface area contributed by atoms with E-state index in [1.54, 1.807) is 30.9 Å². The molecule has 2 heterocycles. The van der Waals surface area contributed by atoms with E-state index in [9.17, 15) is 14.4 Å². The van der Waals surface area contributed by atoms with E-state index in [1.807, 2.05) is 0 Å². The van der Waals surface area contributed by atoms with Crippen LogP contribution in [0.15, 0.2) is 24.3 Å². The molecular formula is C23H27N3O6. The van der Waals surface area contributed by atoms with Gasteiger partial charge in [-0.1, -0.05) is 0 Å². The minimum Gasteiger partial charge on any atom is -0.493 e. The maximum Gasteiger partial charge on any atom is 0.339 e. The molecule has 1 N–H and O–H groups in total. The Morgan fingerprint density at radius 1 is 1.03 bits per heavy atom. The summed E-state index contributed by atoms with van der Waals surface area (Å²) in [6.45, 7) is 4.91. The van der Waals surface area contributed by atoms with Crippen molar-refractivity contribution in [2.24, 2.45) is 0 Å². The molecule has 1 fully saturated rings. The van der Waals surface area contributed by atoms with Crippen molar-refractivity contribution in [2.45, 2.75) is 26.7 Å². The van der Waals surface area contributed by atoms with Crippen LogP contribution in [0.25, 0.3) is 0 Å². The number of aromatic nitrogens is 1. The van der Waals surface area contributed by atoms with Gasteiger partial charge in [0.2, 0.25) is 0 Å². The Bertz CT molecular complexity index is 1030. The van der Waals surface area contributed by atoms with Crippen molar-refractivity contribution >= 4 is 23.5 Å². The minimum absolute atomic E-state index is 0.102. The summed E-state index contributed by atoms with van der Waals surface area (Å²) in [6.07, 6.45) is 1.88. The van der Waals surface area contributed by atoms with E-state index < -0.39 is 11.9 Å². The van der Waals surface area contributed by atoms with Crippen LogP contribution in [0.3, 0.4) is 0 Å². The number of hydrogen-bond donors (Lipinski definition) is 1. The van der Waals surface area contributed by atoms with Gasteiger partial charge >= 0.3 is 5.97 Å². The number of pyridine rings is 1. The second kappa shape index (κ2) is 10.1. The van der Waals surface area contributed by atoms with E-state index in [0.29, 0.717) is 47.1 Å². The number of benzene rings is 1. The average Bonchev–Trinajstić information content (AvgIpc) is 3.33. The third-order valence-electron chi connectivity index (χ3n) is 5.21. The molecule has 9 nitrogen and oxygen atoms in total. The van der Waals surface area contributed by atoms with Crippen LogP contribution < -0.4 is 14.8 Å². The number of likely N-dealkylation sites (tertiary alicyclic amines) is 1. The number of carbonyl (C=O) groups excluding carboxylic acids is 3. The van der Waals surface area contributed by atoms with Crippen LogP contribution in [0.5, 0.6) is 11.5 Å². The fraction of sp³-hybridized carbons (Fsp3) is 0.391. The van der Waals surface area contributed by atoms with Gasteiger partial charge in [-0.3, -0.25) is 9.59 Å². The highest BCUT2D eigenvalue weighted by Crippen LogP contribution is 2.34. The molecule has 0 saturated carbocycles. The summed E-state index contributed by atoms with van der Waals surface area (Å²) < 4.78 is 15.7. The van der Waals surface area contributed by atoms with Gasteiger partial charge in [0.25, 0.3) is 11.8 Å². The Labute approximate surface area is 186 Å². The van der Waals surface area contributed by atoms with Crippen LogP contribution in [-0.2, 0) is 4.74 Å². The number of carbonyl (C=O) groups is 3. The zero-order valence-corrected chi connectivity index (χ0v) is 18.7. The molecular weight excluding hydrogens is 414 g/mol. The Hall–Kier alpha value is -3.62. The standard InChI is InChI=1S/C23H27N3O6/c1-5-32-23(29)15-8-9-17(24-14(15)2)21(27)25-18-13-20(31-4)19(30-3)12-16(18)22(28)26-10-6-7-11-26/h8-9,12-13H,5-7,10-11H2,1-4H3,(H,25,27). The van der Waals surface area contributed by atoms with Crippen LogP contribution in [-0.4, -0.2) is 61.6 Å². The van der Waals surface area contributed by atoms with Gasteiger partial charge in [0.05, 0.1) is 43.3 Å². The molecule has 2 aromatic rings. The number of methoxy groups -OCH3 is 2. The average molecular weight is 441 g/mol. The first-order chi connectivity index (χ1) is 15.4. The van der Waals surface area contributed by atoms with Gasteiger partial charge in [-0.25, -0.2) is 9.78 Å². The molecule has 32 heavy (non-hydrogen) atoms. The summed E-state index contributed by atoms with van der Waals surface area (Å²) in [7, 11) is 2.96. The van der Waals surface area contributed by atoms with E-state index in [4.69, 9.17) is 14.2 Å². The number of rotatable bonds is 7. The highest BCUT2D eigenvalue weighted by molar-refractivity contribution is 6.09. The summed E-state index contributed by atoms with van der Waals surface area (Å²) in [5, 5.41) is 2.76. The summed E-state index contributed by atoms with van der Waals surface area (Å²) in [5.74, 6) is -0.446. The number of esters is 1.